The molecule has 0 fully saturated rings. The van der Waals surface area contributed by atoms with E-state index in [0.29, 0.717) is 6.54 Å². The van der Waals surface area contributed by atoms with Gasteiger partial charge in [0.1, 0.15) is 10.7 Å². The maximum Gasteiger partial charge on any atom is 0.243 e. The fourth-order valence-electron chi connectivity index (χ4n) is 1.62. The van der Waals surface area contributed by atoms with Gasteiger partial charge in [-0.05, 0) is 31.0 Å². The lowest BCUT2D eigenvalue weighted by atomic mass is 10.2. The summed E-state index contributed by atoms with van der Waals surface area (Å²) in [6.45, 7) is 3.82. The van der Waals surface area contributed by atoms with Crippen LogP contribution in [0.1, 0.15) is 31.7 Å². The zero-order valence-electron chi connectivity index (χ0n) is 10.7. The molecule has 1 rings (SSSR count). The largest absolute Gasteiger partial charge is 0.399 e. The molecule has 102 valence electrons. The van der Waals surface area contributed by atoms with Crippen molar-refractivity contribution >= 4 is 15.7 Å². The van der Waals surface area contributed by atoms with Crippen LogP contribution in [0.25, 0.3) is 0 Å². The molecule has 0 aliphatic rings. The standard InChI is InChI=1S/C12H19FN2O2S/c1-3-4-5-6-15-18(16,17)11-8-10(14)7-9(2)12(11)13/h7-8,15H,3-6,14H2,1-2H3. The van der Waals surface area contributed by atoms with Crippen LogP contribution < -0.4 is 10.5 Å². The number of halogens is 1. The van der Waals surface area contributed by atoms with Gasteiger partial charge in [0.05, 0.1) is 0 Å². The summed E-state index contributed by atoms with van der Waals surface area (Å²) in [6, 6.07) is 2.55. The second kappa shape index (κ2) is 6.15. The fraction of sp³-hybridized carbons (Fsp3) is 0.500. The van der Waals surface area contributed by atoms with E-state index >= 15 is 0 Å². The van der Waals surface area contributed by atoms with Gasteiger partial charge in [-0.15, -0.1) is 0 Å². The van der Waals surface area contributed by atoms with Crippen molar-refractivity contribution in [3.63, 3.8) is 0 Å². The zero-order valence-corrected chi connectivity index (χ0v) is 11.5. The van der Waals surface area contributed by atoms with E-state index in [1.54, 1.807) is 0 Å². The predicted octanol–water partition coefficient (Wildman–Crippen LogP) is 2.18. The summed E-state index contributed by atoms with van der Waals surface area (Å²) in [6.07, 6.45) is 2.66. The topological polar surface area (TPSA) is 72.2 Å². The molecule has 0 heterocycles. The number of anilines is 1. The summed E-state index contributed by atoms with van der Waals surface area (Å²) >= 11 is 0. The first-order chi connectivity index (χ1) is 8.38. The van der Waals surface area contributed by atoms with Gasteiger partial charge in [-0.3, -0.25) is 0 Å². The van der Waals surface area contributed by atoms with E-state index in [-0.39, 0.29) is 16.1 Å². The Labute approximate surface area is 107 Å². The summed E-state index contributed by atoms with van der Waals surface area (Å²) in [4.78, 5) is -0.378. The molecule has 0 radical (unpaired) electrons. The molecular weight excluding hydrogens is 255 g/mol. The number of unbranched alkanes of at least 4 members (excludes halogenated alkanes) is 2. The van der Waals surface area contributed by atoms with Crippen molar-refractivity contribution in [1.82, 2.24) is 4.72 Å². The minimum atomic E-state index is -3.82. The molecule has 0 saturated heterocycles. The highest BCUT2D eigenvalue weighted by molar-refractivity contribution is 7.89. The van der Waals surface area contributed by atoms with E-state index in [4.69, 9.17) is 5.73 Å². The van der Waals surface area contributed by atoms with E-state index < -0.39 is 15.8 Å². The first-order valence-electron chi connectivity index (χ1n) is 5.93. The molecule has 3 N–H and O–H groups in total. The number of hydrogen-bond donors (Lipinski definition) is 2. The van der Waals surface area contributed by atoms with Crippen LogP contribution in [-0.2, 0) is 10.0 Å². The van der Waals surface area contributed by atoms with Gasteiger partial charge >= 0.3 is 0 Å². The van der Waals surface area contributed by atoms with E-state index in [0.717, 1.165) is 25.3 Å². The van der Waals surface area contributed by atoms with Crippen LogP contribution in [-0.4, -0.2) is 15.0 Å². The van der Waals surface area contributed by atoms with Gasteiger partial charge in [-0.25, -0.2) is 17.5 Å². The highest BCUT2D eigenvalue weighted by Crippen LogP contribution is 2.21. The molecule has 0 aromatic heterocycles. The summed E-state index contributed by atoms with van der Waals surface area (Å²) in [5, 5.41) is 0. The Bertz CT molecular complexity index is 515. The van der Waals surface area contributed by atoms with Gasteiger partial charge < -0.3 is 5.73 Å². The van der Waals surface area contributed by atoms with Crippen LogP contribution in [0.5, 0.6) is 0 Å². The molecule has 0 aliphatic heterocycles. The molecule has 0 amide bonds. The molecule has 4 nitrogen and oxygen atoms in total. The number of nitrogens with two attached hydrogens (primary N) is 1. The van der Waals surface area contributed by atoms with Gasteiger partial charge in [-0.2, -0.15) is 0 Å². The first-order valence-corrected chi connectivity index (χ1v) is 7.42. The van der Waals surface area contributed by atoms with Crippen LogP contribution in [0.15, 0.2) is 17.0 Å². The molecular formula is C12H19FN2O2S. The number of hydrogen-bond acceptors (Lipinski definition) is 3. The minimum absolute atomic E-state index is 0.226. The smallest absolute Gasteiger partial charge is 0.243 e. The van der Waals surface area contributed by atoms with Crippen LogP contribution >= 0.6 is 0 Å². The summed E-state index contributed by atoms with van der Waals surface area (Å²) in [7, 11) is -3.82. The Kier molecular flexibility index (Phi) is 5.10. The Morgan fingerprint density at radius 3 is 2.61 bits per heavy atom. The monoisotopic (exact) mass is 274 g/mol. The quantitative estimate of drug-likeness (QED) is 0.617. The van der Waals surface area contributed by atoms with E-state index in [2.05, 4.69) is 4.72 Å². The summed E-state index contributed by atoms with van der Waals surface area (Å²) in [5.41, 5.74) is 6.01. The maximum absolute atomic E-state index is 13.8. The highest BCUT2D eigenvalue weighted by atomic mass is 32.2. The van der Waals surface area contributed by atoms with Crippen molar-refractivity contribution in [3.8, 4) is 0 Å². The number of benzene rings is 1. The van der Waals surface area contributed by atoms with Gasteiger partial charge in [-0.1, -0.05) is 19.8 Å². The molecule has 0 bridgehead atoms. The Morgan fingerprint density at radius 2 is 2.00 bits per heavy atom. The second-order valence-corrected chi connectivity index (χ2v) is 5.99. The number of rotatable bonds is 6. The first kappa shape index (κ1) is 14.9. The Morgan fingerprint density at radius 1 is 1.33 bits per heavy atom. The third-order valence-corrected chi connectivity index (χ3v) is 4.07. The van der Waals surface area contributed by atoms with Gasteiger partial charge in [0.15, 0.2) is 0 Å². The second-order valence-electron chi connectivity index (χ2n) is 4.25. The number of nitrogen functional groups attached to an aromatic ring is 1. The lowest BCUT2D eigenvalue weighted by molar-refractivity contribution is 0.550. The molecule has 0 atom stereocenters. The molecule has 0 spiro atoms. The zero-order chi connectivity index (χ0) is 13.8. The SMILES string of the molecule is CCCCCNS(=O)(=O)c1cc(N)cc(C)c1F. The fourth-order valence-corrected chi connectivity index (χ4v) is 2.88. The van der Waals surface area contributed by atoms with Crippen molar-refractivity contribution in [2.24, 2.45) is 0 Å². The normalized spacial score (nSPS) is 11.7. The average molecular weight is 274 g/mol. The average Bonchev–Trinajstić information content (AvgIpc) is 2.29. The van der Waals surface area contributed by atoms with Crippen LogP contribution in [0, 0.1) is 12.7 Å². The molecule has 0 aliphatic carbocycles. The van der Waals surface area contributed by atoms with Crippen molar-refractivity contribution < 1.29 is 12.8 Å². The van der Waals surface area contributed by atoms with E-state index in [1.165, 1.54) is 13.0 Å². The number of sulfonamides is 1. The van der Waals surface area contributed by atoms with Crippen molar-refractivity contribution in [1.29, 1.82) is 0 Å². The van der Waals surface area contributed by atoms with Crippen LogP contribution in [0.4, 0.5) is 10.1 Å². The van der Waals surface area contributed by atoms with Crippen molar-refractivity contribution in [2.45, 2.75) is 38.0 Å². The summed E-state index contributed by atoms with van der Waals surface area (Å²) < 4.78 is 40.0. The van der Waals surface area contributed by atoms with Crippen LogP contribution in [0.3, 0.4) is 0 Å². The third kappa shape index (κ3) is 3.68. The molecule has 18 heavy (non-hydrogen) atoms. The highest BCUT2D eigenvalue weighted by Gasteiger charge is 2.20. The van der Waals surface area contributed by atoms with Crippen molar-refractivity contribution in [3.05, 3.63) is 23.5 Å². The Hall–Kier alpha value is -1.14. The molecule has 6 heteroatoms. The number of nitrogens with one attached hydrogen (secondary N) is 1. The third-order valence-electron chi connectivity index (χ3n) is 2.61. The van der Waals surface area contributed by atoms with E-state index in [1.807, 2.05) is 6.92 Å². The van der Waals surface area contributed by atoms with Crippen LogP contribution in [0.2, 0.25) is 0 Å². The molecule has 1 aromatic carbocycles. The maximum atomic E-state index is 13.8. The molecule has 0 unspecified atom stereocenters. The van der Waals surface area contributed by atoms with Gasteiger partial charge in [0, 0.05) is 12.2 Å². The van der Waals surface area contributed by atoms with E-state index in [9.17, 15) is 12.8 Å². The van der Waals surface area contributed by atoms with Crippen molar-refractivity contribution in [2.75, 3.05) is 12.3 Å². The van der Waals surface area contributed by atoms with Gasteiger partial charge in [0.25, 0.3) is 0 Å². The molecule has 0 saturated carbocycles. The predicted molar refractivity (Wildman–Crippen MR) is 70.3 cm³/mol. The molecule has 1 aromatic rings. The lowest BCUT2D eigenvalue weighted by Gasteiger charge is -2.10. The number of aryl methyl sites for hydroxylation is 1. The summed E-state index contributed by atoms with van der Waals surface area (Å²) in [5.74, 6) is -0.743. The van der Waals surface area contributed by atoms with Gasteiger partial charge in [0.2, 0.25) is 10.0 Å². The Balaban J connectivity index is 2.91. The minimum Gasteiger partial charge on any atom is -0.399 e. The lowest BCUT2D eigenvalue weighted by Crippen LogP contribution is -2.26.